The van der Waals surface area contributed by atoms with Crippen LogP contribution in [0, 0.1) is 11.3 Å². The molecule has 0 aliphatic heterocycles. The number of hydrogen-bond donors (Lipinski definition) is 1. The molecule has 0 spiro atoms. The van der Waals surface area contributed by atoms with Crippen LogP contribution in [0.3, 0.4) is 0 Å². The van der Waals surface area contributed by atoms with E-state index >= 15 is 0 Å². The van der Waals surface area contributed by atoms with E-state index in [0.717, 1.165) is 12.5 Å². The SMILES string of the molecule is CCNC(Cc1ccc2c(c1)CCC2)C1CC1(C)C. The van der Waals surface area contributed by atoms with Crippen LogP contribution in [0.5, 0.6) is 0 Å². The topological polar surface area (TPSA) is 12.0 Å². The summed E-state index contributed by atoms with van der Waals surface area (Å²) in [5.41, 5.74) is 5.30. The van der Waals surface area contributed by atoms with Crippen molar-refractivity contribution in [2.24, 2.45) is 11.3 Å². The Balaban J connectivity index is 1.71. The first-order valence-corrected chi connectivity index (χ1v) is 7.94. The van der Waals surface area contributed by atoms with Gasteiger partial charge in [0, 0.05) is 6.04 Å². The predicted octanol–water partition coefficient (Wildman–Crippen LogP) is 3.74. The van der Waals surface area contributed by atoms with Crippen LogP contribution < -0.4 is 5.32 Å². The number of aryl methyl sites for hydroxylation is 2. The number of fused-ring (bicyclic) bond motifs is 1. The predicted molar refractivity (Wildman–Crippen MR) is 81.5 cm³/mol. The molecule has 2 aliphatic rings. The van der Waals surface area contributed by atoms with Crippen LogP contribution in [0.15, 0.2) is 18.2 Å². The molecule has 1 nitrogen and oxygen atoms in total. The van der Waals surface area contributed by atoms with Gasteiger partial charge in [0.15, 0.2) is 0 Å². The molecule has 2 atom stereocenters. The van der Waals surface area contributed by atoms with Gasteiger partial charge in [-0.25, -0.2) is 0 Å². The average Bonchev–Trinajstić information content (AvgIpc) is 2.81. The van der Waals surface area contributed by atoms with Crippen molar-refractivity contribution in [2.45, 2.75) is 58.9 Å². The van der Waals surface area contributed by atoms with Gasteiger partial charge in [-0.15, -0.1) is 0 Å². The Hall–Kier alpha value is -0.820. The van der Waals surface area contributed by atoms with E-state index in [1.54, 1.807) is 11.1 Å². The summed E-state index contributed by atoms with van der Waals surface area (Å²) in [5.74, 6) is 0.862. The van der Waals surface area contributed by atoms with Crippen LogP contribution in [0.2, 0.25) is 0 Å². The smallest absolute Gasteiger partial charge is 0.0141 e. The molecular formula is C18H27N. The molecule has 0 radical (unpaired) electrons. The number of nitrogens with one attached hydrogen (secondary N) is 1. The van der Waals surface area contributed by atoms with Crippen LogP contribution in [0.4, 0.5) is 0 Å². The van der Waals surface area contributed by atoms with Gasteiger partial charge in [0.1, 0.15) is 0 Å². The maximum Gasteiger partial charge on any atom is 0.0141 e. The van der Waals surface area contributed by atoms with E-state index in [4.69, 9.17) is 0 Å². The molecule has 0 amide bonds. The molecule has 0 saturated heterocycles. The molecule has 1 aromatic rings. The van der Waals surface area contributed by atoms with E-state index in [1.165, 1.54) is 37.7 Å². The van der Waals surface area contributed by atoms with Crippen molar-refractivity contribution in [3.05, 3.63) is 34.9 Å². The Morgan fingerprint density at radius 3 is 2.68 bits per heavy atom. The highest BCUT2D eigenvalue weighted by atomic mass is 14.9. The fourth-order valence-corrected chi connectivity index (χ4v) is 3.82. The number of rotatable bonds is 5. The minimum atomic E-state index is 0.559. The normalized spacial score (nSPS) is 25.1. The minimum absolute atomic E-state index is 0.559. The van der Waals surface area contributed by atoms with Crippen molar-refractivity contribution in [1.29, 1.82) is 0 Å². The molecular weight excluding hydrogens is 230 g/mol. The monoisotopic (exact) mass is 257 g/mol. The van der Waals surface area contributed by atoms with Crippen LogP contribution in [-0.2, 0) is 19.3 Å². The van der Waals surface area contributed by atoms with Gasteiger partial charge in [0.2, 0.25) is 0 Å². The van der Waals surface area contributed by atoms with E-state index in [9.17, 15) is 0 Å². The molecule has 2 unspecified atom stereocenters. The molecule has 3 rings (SSSR count). The highest BCUT2D eigenvalue weighted by molar-refractivity contribution is 5.35. The Morgan fingerprint density at radius 2 is 2.00 bits per heavy atom. The van der Waals surface area contributed by atoms with Crippen molar-refractivity contribution in [1.82, 2.24) is 5.32 Å². The van der Waals surface area contributed by atoms with Crippen LogP contribution in [0.25, 0.3) is 0 Å². The van der Waals surface area contributed by atoms with Gasteiger partial charge in [-0.1, -0.05) is 39.0 Å². The first-order valence-electron chi connectivity index (χ1n) is 7.94. The van der Waals surface area contributed by atoms with E-state index in [-0.39, 0.29) is 0 Å². The van der Waals surface area contributed by atoms with Crippen molar-refractivity contribution in [3.63, 3.8) is 0 Å². The summed E-state index contributed by atoms with van der Waals surface area (Å²) < 4.78 is 0. The zero-order chi connectivity index (χ0) is 13.5. The lowest BCUT2D eigenvalue weighted by Crippen LogP contribution is -2.34. The van der Waals surface area contributed by atoms with Crippen molar-refractivity contribution in [2.75, 3.05) is 6.54 Å². The van der Waals surface area contributed by atoms with E-state index < -0.39 is 0 Å². The van der Waals surface area contributed by atoms with Gasteiger partial charge in [-0.3, -0.25) is 0 Å². The third-order valence-electron chi connectivity index (χ3n) is 5.16. The zero-order valence-electron chi connectivity index (χ0n) is 12.6. The third kappa shape index (κ3) is 2.72. The second kappa shape index (κ2) is 4.94. The fraction of sp³-hybridized carbons (Fsp3) is 0.667. The van der Waals surface area contributed by atoms with E-state index in [1.807, 2.05) is 0 Å². The van der Waals surface area contributed by atoms with Gasteiger partial charge < -0.3 is 5.32 Å². The summed E-state index contributed by atoms with van der Waals surface area (Å²) in [5, 5.41) is 3.72. The Kier molecular flexibility index (Phi) is 3.42. The molecule has 1 N–H and O–H groups in total. The lowest BCUT2D eigenvalue weighted by Gasteiger charge is -2.20. The van der Waals surface area contributed by atoms with Gasteiger partial charge in [-0.05, 0) is 66.7 Å². The molecule has 0 bridgehead atoms. The summed E-state index contributed by atoms with van der Waals surface area (Å²) in [6.45, 7) is 8.13. The van der Waals surface area contributed by atoms with Crippen LogP contribution in [-0.4, -0.2) is 12.6 Å². The molecule has 0 aromatic heterocycles. The molecule has 0 heterocycles. The third-order valence-corrected chi connectivity index (χ3v) is 5.16. The zero-order valence-corrected chi connectivity index (χ0v) is 12.6. The van der Waals surface area contributed by atoms with Gasteiger partial charge in [0.25, 0.3) is 0 Å². The second-order valence-electron chi connectivity index (χ2n) is 7.12. The first kappa shape index (κ1) is 13.2. The highest BCUT2D eigenvalue weighted by Crippen LogP contribution is 2.54. The largest absolute Gasteiger partial charge is 0.314 e. The van der Waals surface area contributed by atoms with E-state index in [0.29, 0.717) is 11.5 Å². The summed E-state index contributed by atoms with van der Waals surface area (Å²) in [6.07, 6.45) is 6.53. The molecule has 2 aliphatic carbocycles. The standard InChI is InChI=1S/C18H27N/c1-4-19-17(16-12-18(16,2)3)11-13-8-9-14-6-5-7-15(14)10-13/h8-10,16-17,19H,4-7,11-12H2,1-3H3. The van der Waals surface area contributed by atoms with Crippen LogP contribution >= 0.6 is 0 Å². The van der Waals surface area contributed by atoms with Crippen molar-refractivity contribution < 1.29 is 0 Å². The second-order valence-corrected chi connectivity index (χ2v) is 7.12. The maximum absolute atomic E-state index is 3.72. The molecule has 1 saturated carbocycles. The average molecular weight is 257 g/mol. The molecule has 104 valence electrons. The highest BCUT2D eigenvalue weighted by Gasteiger charge is 2.49. The minimum Gasteiger partial charge on any atom is -0.314 e. The number of hydrogen-bond acceptors (Lipinski definition) is 1. The van der Waals surface area contributed by atoms with Gasteiger partial charge in [0.05, 0.1) is 0 Å². The lowest BCUT2D eigenvalue weighted by atomic mass is 9.95. The molecule has 1 heteroatoms. The van der Waals surface area contributed by atoms with Crippen molar-refractivity contribution in [3.8, 4) is 0 Å². The fourth-order valence-electron chi connectivity index (χ4n) is 3.82. The Labute approximate surface area is 117 Å². The Bertz CT molecular complexity index is 461. The van der Waals surface area contributed by atoms with E-state index in [2.05, 4.69) is 44.3 Å². The first-order chi connectivity index (χ1) is 9.10. The summed E-state index contributed by atoms with van der Waals surface area (Å²) in [6, 6.07) is 7.88. The van der Waals surface area contributed by atoms with Gasteiger partial charge >= 0.3 is 0 Å². The molecule has 19 heavy (non-hydrogen) atoms. The number of likely N-dealkylation sites (N-methyl/N-ethyl adjacent to an activating group) is 1. The summed E-state index contributed by atoms with van der Waals surface area (Å²) in [7, 11) is 0. The van der Waals surface area contributed by atoms with Crippen molar-refractivity contribution >= 4 is 0 Å². The summed E-state index contributed by atoms with van der Waals surface area (Å²) >= 11 is 0. The van der Waals surface area contributed by atoms with Crippen LogP contribution in [0.1, 0.15) is 50.3 Å². The molecule has 1 aromatic carbocycles. The van der Waals surface area contributed by atoms with Gasteiger partial charge in [-0.2, -0.15) is 0 Å². The quantitative estimate of drug-likeness (QED) is 0.847. The lowest BCUT2D eigenvalue weighted by molar-refractivity contribution is 0.409. The maximum atomic E-state index is 3.72. The molecule has 1 fully saturated rings. The summed E-state index contributed by atoms with van der Waals surface area (Å²) in [4.78, 5) is 0. The number of benzene rings is 1. The Morgan fingerprint density at radius 1 is 1.26 bits per heavy atom.